The molecule has 0 radical (unpaired) electrons. The second-order valence-electron chi connectivity index (χ2n) is 13.6. The number of nitrogens with two attached hydrogens (primary N) is 1. The van der Waals surface area contributed by atoms with Crippen molar-refractivity contribution in [2.24, 2.45) is 17.6 Å². The highest BCUT2D eigenvalue weighted by molar-refractivity contribution is 6.17. The van der Waals surface area contributed by atoms with Gasteiger partial charge >= 0.3 is 6.09 Å². The molecular weight excluding hydrogens is 624 g/mol. The molecule has 0 bridgehead atoms. The van der Waals surface area contributed by atoms with Crippen LogP contribution in [0.15, 0.2) is 60.9 Å². The Morgan fingerprint density at radius 2 is 1.67 bits per heavy atom. The fourth-order valence-electron chi connectivity index (χ4n) is 5.83. The maximum Gasteiger partial charge on any atom is 0.407 e. The molecule has 1 fully saturated rings. The number of carbonyl (C=O) groups excluding carboxylic acids is 3. The summed E-state index contributed by atoms with van der Waals surface area (Å²) in [5.74, 6) is 0.0440. The molecule has 4 aromatic rings. The molecule has 3 amide bonds. The number of aromatic nitrogens is 6. The van der Waals surface area contributed by atoms with Gasteiger partial charge in [0.05, 0.1) is 11.7 Å². The first-order valence-corrected chi connectivity index (χ1v) is 16.4. The number of anilines is 2. The van der Waals surface area contributed by atoms with E-state index in [1.54, 1.807) is 36.7 Å². The fourth-order valence-corrected chi connectivity index (χ4v) is 5.83. The number of aromatic amines is 1. The number of rotatable bonds is 10. The van der Waals surface area contributed by atoms with Crippen LogP contribution in [-0.2, 0) is 20.7 Å². The molecule has 258 valence electrons. The number of ether oxygens (including phenoxy) is 1. The molecule has 0 unspecified atom stereocenters. The standard InChI is InChI=1S/C35H44N10O4/c1-35(2,3)49-34(48)39-19-22-9-11-25(12-10-22)31(46)45(28-15-13-24(14-16-28)30-40-42-43-41-30)32(47)29(36)18-23-7-6-8-26(17-23)27-20-37-33(38-21-27)44(4)5/h6-8,13-17,20-22,25,29H,9-12,18-19,36H2,1-5H3,(H,39,48)(H,40,41,42,43)/t22?,25?,29-/m0/s1. The zero-order chi connectivity index (χ0) is 35.1. The van der Waals surface area contributed by atoms with E-state index in [9.17, 15) is 14.4 Å². The van der Waals surface area contributed by atoms with Crippen LogP contribution in [0.5, 0.6) is 0 Å². The number of carbonyl (C=O) groups is 3. The Balaban J connectivity index is 1.30. The molecule has 14 heteroatoms. The van der Waals surface area contributed by atoms with E-state index in [1.807, 2.05) is 64.0 Å². The molecule has 2 aromatic carbocycles. The van der Waals surface area contributed by atoms with Gasteiger partial charge in [0, 0.05) is 50.1 Å². The molecule has 4 N–H and O–H groups in total. The van der Waals surface area contributed by atoms with Gasteiger partial charge < -0.3 is 20.7 Å². The molecule has 1 aliphatic carbocycles. The SMILES string of the molecule is CN(C)c1ncc(-c2cccc(C[C@H](N)C(=O)N(C(=O)C3CCC(CNC(=O)OC(C)(C)C)CC3)c3ccc(-c4nn[nH]n4)cc3)c2)cn1. The summed E-state index contributed by atoms with van der Waals surface area (Å²) in [7, 11) is 3.75. The lowest BCUT2D eigenvalue weighted by Gasteiger charge is -2.32. The summed E-state index contributed by atoms with van der Waals surface area (Å²) in [6.45, 7) is 5.92. The Morgan fingerprint density at radius 3 is 2.29 bits per heavy atom. The Kier molecular flexibility index (Phi) is 11.0. The van der Waals surface area contributed by atoms with Crippen molar-refractivity contribution in [1.82, 2.24) is 35.9 Å². The van der Waals surface area contributed by atoms with E-state index in [2.05, 4.69) is 35.9 Å². The third-order valence-electron chi connectivity index (χ3n) is 8.37. The number of amides is 3. The Bertz CT molecular complexity index is 1710. The summed E-state index contributed by atoms with van der Waals surface area (Å²) in [4.78, 5) is 52.3. The first-order valence-electron chi connectivity index (χ1n) is 16.4. The first kappa shape index (κ1) is 35.1. The third-order valence-corrected chi connectivity index (χ3v) is 8.37. The second kappa shape index (κ2) is 15.3. The van der Waals surface area contributed by atoms with Crippen LogP contribution in [-0.4, -0.2) is 80.8 Å². The Morgan fingerprint density at radius 1 is 0.980 bits per heavy atom. The van der Waals surface area contributed by atoms with E-state index in [0.29, 0.717) is 42.4 Å². The van der Waals surface area contributed by atoms with Crippen LogP contribution in [0.25, 0.3) is 22.5 Å². The minimum absolute atomic E-state index is 0.203. The summed E-state index contributed by atoms with van der Waals surface area (Å²) in [5.41, 5.74) is 9.67. The number of hydrogen-bond acceptors (Lipinski definition) is 11. The summed E-state index contributed by atoms with van der Waals surface area (Å²) in [6.07, 6.45) is 5.89. The molecule has 0 spiro atoms. The van der Waals surface area contributed by atoms with E-state index < -0.39 is 23.6 Å². The van der Waals surface area contributed by atoms with Crippen molar-refractivity contribution in [1.29, 1.82) is 0 Å². The van der Waals surface area contributed by atoms with Gasteiger partial charge in [-0.25, -0.2) is 19.7 Å². The van der Waals surface area contributed by atoms with Crippen molar-refractivity contribution >= 4 is 29.5 Å². The van der Waals surface area contributed by atoms with E-state index in [4.69, 9.17) is 10.5 Å². The van der Waals surface area contributed by atoms with Crippen LogP contribution in [0.3, 0.4) is 0 Å². The summed E-state index contributed by atoms with van der Waals surface area (Å²) in [6, 6.07) is 13.6. The maximum atomic E-state index is 14.2. The minimum Gasteiger partial charge on any atom is -0.444 e. The van der Waals surface area contributed by atoms with Gasteiger partial charge in [0.15, 0.2) is 0 Å². The molecule has 49 heavy (non-hydrogen) atoms. The van der Waals surface area contributed by atoms with Crippen molar-refractivity contribution in [3.05, 3.63) is 66.5 Å². The molecule has 1 aliphatic rings. The highest BCUT2D eigenvalue weighted by Crippen LogP contribution is 2.32. The summed E-state index contributed by atoms with van der Waals surface area (Å²) in [5, 5.41) is 16.9. The first-order chi connectivity index (χ1) is 23.4. The van der Waals surface area contributed by atoms with Crippen molar-refractivity contribution in [2.75, 3.05) is 30.4 Å². The number of nitrogens with zero attached hydrogens (tertiary/aromatic N) is 7. The van der Waals surface area contributed by atoms with Crippen molar-refractivity contribution in [3.8, 4) is 22.5 Å². The lowest BCUT2D eigenvalue weighted by molar-refractivity contribution is -0.130. The molecule has 5 rings (SSSR count). The topological polar surface area (TPSA) is 185 Å². The number of benzene rings is 2. The number of nitrogens with one attached hydrogen (secondary N) is 2. The zero-order valence-corrected chi connectivity index (χ0v) is 28.6. The second-order valence-corrected chi connectivity index (χ2v) is 13.6. The van der Waals surface area contributed by atoms with Gasteiger partial charge in [0.2, 0.25) is 17.7 Å². The van der Waals surface area contributed by atoms with Gasteiger partial charge in [0.25, 0.3) is 5.91 Å². The van der Waals surface area contributed by atoms with Gasteiger partial charge in [-0.1, -0.05) is 24.3 Å². The molecular formula is C35H44N10O4. The third kappa shape index (κ3) is 9.22. The van der Waals surface area contributed by atoms with Crippen LogP contribution >= 0.6 is 0 Å². The minimum atomic E-state index is -0.988. The largest absolute Gasteiger partial charge is 0.444 e. The smallest absolute Gasteiger partial charge is 0.407 e. The number of hydrogen-bond donors (Lipinski definition) is 3. The highest BCUT2D eigenvalue weighted by atomic mass is 16.6. The van der Waals surface area contributed by atoms with Crippen LogP contribution < -0.4 is 20.9 Å². The number of alkyl carbamates (subject to hydrolysis) is 1. The molecule has 0 aliphatic heterocycles. The maximum absolute atomic E-state index is 14.2. The van der Waals surface area contributed by atoms with E-state index >= 15 is 0 Å². The summed E-state index contributed by atoms with van der Waals surface area (Å²) < 4.78 is 5.35. The Hall–Kier alpha value is -5.24. The van der Waals surface area contributed by atoms with Crippen molar-refractivity contribution in [2.45, 2.75) is 64.5 Å². The average Bonchev–Trinajstić information content (AvgIpc) is 3.63. The normalized spacial score (nSPS) is 16.8. The number of H-pyrrole nitrogens is 1. The lowest BCUT2D eigenvalue weighted by Crippen LogP contribution is -2.50. The van der Waals surface area contributed by atoms with Gasteiger partial charge in [-0.3, -0.25) is 9.59 Å². The van der Waals surface area contributed by atoms with Gasteiger partial charge in [-0.15, -0.1) is 10.2 Å². The average molecular weight is 669 g/mol. The molecule has 2 heterocycles. The van der Waals surface area contributed by atoms with E-state index in [0.717, 1.165) is 29.5 Å². The lowest BCUT2D eigenvalue weighted by atomic mass is 9.81. The van der Waals surface area contributed by atoms with E-state index in [-0.39, 0.29) is 24.2 Å². The molecule has 14 nitrogen and oxygen atoms in total. The molecule has 1 atom stereocenters. The molecule has 2 aromatic heterocycles. The zero-order valence-electron chi connectivity index (χ0n) is 28.6. The molecule has 1 saturated carbocycles. The van der Waals surface area contributed by atoms with Crippen LogP contribution in [0.2, 0.25) is 0 Å². The fraction of sp³-hybridized carbons (Fsp3) is 0.429. The van der Waals surface area contributed by atoms with Crippen molar-refractivity contribution in [3.63, 3.8) is 0 Å². The molecule has 0 saturated heterocycles. The van der Waals surface area contributed by atoms with Crippen molar-refractivity contribution < 1.29 is 19.1 Å². The van der Waals surface area contributed by atoms with E-state index in [1.165, 1.54) is 4.90 Å². The van der Waals surface area contributed by atoms with Crippen LogP contribution in [0.4, 0.5) is 16.4 Å². The van der Waals surface area contributed by atoms with Crippen LogP contribution in [0.1, 0.15) is 52.0 Å². The van der Waals surface area contributed by atoms with Gasteiger partial charge in [-0.05, 0) is 99.4 Å². The number of tetrazole rings is 1. The summed E-state index contributed by atoms with van der Waals surface area (Å²) >= 11 is 0. The Labute approximate surface area is 285 Å². The predicted molar refractivity (Wildman–Crippen MR) is 185 cm³/mol. The monoisotopic (exact) mass is 668 g/mol. The predicted octanol–water partition coefficient (Wildman–Crippen LogP) is 4.15. The van der Waals surface area contributed by atoms with Gasteiger partial charge in [-0.2, -0.15) is 5.21 Å². The highest BCUT2D eigenvalue weighted by Gasteiger charge is 2.35. The van der Waals surface area contributed by atoms with Crippen LogP contribution in [0, 0.1) is 11.8 Å². The quantitative estimate of drug-likeness (QED) is 0.220. The van der Waals surface area contributed by atoms with Gasteiger partial charge in [0.1, 0.15) is 5.60 Å². The number of imide groups is 1.